The molecule has 2 N–H and O–H groups in total. The number of nitrogens with two attached hydrogens (primary N) is 1. The molecule has 0 aromatic rings. The highest BCUT2D eigenvalue weighted by Gasteiger charge is 2.62. The van der Waals surface area contributed by atoms with Gasteiger partial charge in [-0.2, -0.15) is 0 Å². The van der Waals surface area contributed by atoms with Crippen LogP contribution in [0.25, 0.3) is 0 Å². The first-order valence-electron chi connectivity index (χ1n) is 9.16. The molecule has 20 heavy (non-hydrogen) atoms. The quantitative estimate of drug-likeness (QED) is 0.743. The van der Waals surface area contributed by atoms with Crippen LogP contribution in [0.5, 0.6) is 0 Å². The molecule has 3 saturated carbocycles. The average molecular weight is 277 g/mol. The molecule has 0 aromatic heterocycles. The molecule has 3 aliphatic carbocycles. The molecule has 116 valence electrons. The van der Waals surface area contributed by atoms with E-state index in [1.54, 1.807) is 0 Å². The van der Waals surface area contributed by atoms with Crippen molar-refractivity contribution in [1.82, 2.24) is 0 Å². The topological polar surface area (TPSA) is 26.0 Å². The molecule has 1 heteroatoms. The smallest absolute Gasteiger partial charge is 0.0222 e. The Morgan fingerprint density at radius 3 is 2.45 bits per heavy atom. The second kappa shape index (κ2) is 4.73. The van der Waals surface area contributed by atoms with Crippen LogP contribution < -0.4 is 5.73 Å². The lowest BCUT2D eigenvalue weighted by atomic mass is 9.45. The molecule has 0 amide bonds. The van der Waals surface area contributed by atoms with Crippen molar-refractivity contribution in [3.8, 4) is 0 Å². The Balaban J connectivity index is 1.95. The lowest BCUT2D eigenvalue weighted by molar-refractivity contribution is -0.0878. The Bertz CT molecular complexity index is 374. The largest absolute Gasteiger partial charge is 0.325 e. The van der Waals surface area contributed by atoms with Gasteiger partial charge in [-0.1, -0.05) is 40.5 Å². The van der Waals surface area contributed by atoms with Crippen molar-refractivity contribution < 1.29 is 0 Å². The third-order valence-corrected chi connectivity index (χ3v) is 8.10. The number of rotatable bonds is 2. The molecule has 0 radical (unpaired) electrons. The predicted octanol–water partition coefficient (Wildman–Crippen LogP) is 5.14. The van der Waals surface area contributed by atoms with Gasteiger partial charge in [0.2, 0.25) is 0 Å². The summed E-state index contributed by atoms with van der Waals surface area (Å²) in [5.41, 5.74) is 8.42. The molecule has 3 fully saturated rings. The van der Waals surface area contributed by atoms with E-state index in [0.717, 1.165) is 17.8 Å². The van der Waals surface area contributed by atoms with Gasteiger partial charge in [0.15, 0.2) is 0 Å². The van der Waals surface area contributed by atoms with Crippen LogP contribution in [0.4, 0.5) is 0 Å². The van der Waals surface area contributed by atoms with Gasteiger partial charge in [0.05, 0.1) is 0 Å². The zero-order valence-electron chi connectivity index (χ0n) is 14.2. The number of fused-ring (bicyclic) bond motifs is 3. The highest BCUT2D eigenvalue weighted by atomic mass is 14.9. The molecule has 0 saturated heterocycles. The van der Waals surface area contributed by atoms with Crippen molar-refractivity contribution in [2.45, 2.75) is 91.0 Å². The maximum absolute atomic E-state index is 7.20. The van der Waals surface area contributed by atoms with Crippen LogP contribution in [0.2, 0.25) is 0 Å². The van der Waals surface area contributed by atoms with Crippen molar-refractivity contribution in [2.75, 3.05) is 0 Å². The van der Waals surface area contributed by atoms with Crippen LogP contribution in [0.15, 0.2) is 0 Å². The highest BCUT2D eigenvalue weighted by molar-refractivity contribution is 5.15. The minimum absolute atomic E-state index is 0.153. The van der Waals surface area contributed by atoms with E-state index in [9.17, 15) is 0 Å². The van der Waals surface area contributed by atoms with Gasteiger partial charge >= 0.3 is 0 Å². The molecule has 0 heterocycles. The molecule has 0 aliphatic heterocycles. The van der Waals surface area contributed by atoms with Crippen molar-refractivity contribution in [3.63, 3.8) is 0 Å². The maximum atomic E-state index is 7.20. The monoisotopic (exact) mass is 277 g/mol. The van der Waals surface area contributed by atoms with E-state index in [4.69, 9.17) is 5.73 Å². The maximum Gasteiger partial charge on any atom is 0.0222 e. The summed E-state index contributed by atoms with van der Waals surface area (Å²) in [5.74, 6) is 2.46. The summed E-state index contributed by atoms with van der Waals surface area (Å²) in [6.45, 7) is 9.95. The van der Waals surface area contributed by atoms with Crippen molar-refractivity contribution in [2.24, 2.45) is 34.3 Å². The summed E-state index contributed by atoms with van der Waals surface area (Å²) in [7, 11) is 0. The minimum Gasteiger partial charge on any atom is -0.325 e. The molecule has 3 unspecified atom stereocenters. The van der Waals surface area contributed by atoms with Crippen LogP contribution in [0.3, 0.4) is 0 Å². The van der Waals surface area contributed by atoms with Crippen LogP contribution in [0, 0.1) is 28.6 Å². The van der Waals surface area contributed by atoms with Crippen molar-refractivity contribution in [3.05, 3.63) is 0 Å². The van der Waals surface area contributed by atoms with E-state index >= 15 is 0 Å². The van der Waals surface area contributed by atoms with E-state index in [1.807, 2.05) is 0 Å². The molecular formula is C19H35N. The summed E-state index contributed by atoms with van der Waals surface area (Å²) in [4.78, 5) is 0. The van der Waals surface area contributed by atoms with Gasteiger partial charge in [-0.25, -0.2) is 0 Å². The van der Waals surface area contributed by atoms with Gasteiger partial charge in [-0.3, -0.25) is 0 Å². The minimum atomic E-state index is 0.153. The molecule has 6 atom stereocenters. The lowest BCUT2D eigenvalue weighted by Gasteiger charge is -2.62. The van der Waals surface area contributed by atoms with Crippen LogP contribution >= 0.6 is 0 Å². The Hall–Kier alpha value is -0.0400. The summed E-state index contributed by atoms with van der Waals surface area (Å²) < 4.78 is 0. The van der Waals surface area contributed by atoms with Gasteiger partial charge in [-0.15, -0.1) is 0 Å². The fourth-order valence-electron chi connectivity index (χ4n) is 6.88. The lowest BCUT2D eigenvalue weighted by Crippen LogP contribution is -2.65. The fourth-order valence-corrected chi connectivity index (χ4v) is 6.88. The Morgan fingerprint density at radius 1 is 1.00 bits per heavy atom. The van der Waals surface area contributed by atoms with E-state index in [-0.39, 0.29) is 5.54 Å². The zero-order valence-corrected chi connectivity index (χ0v) is 14.2. The molecule has 3 rings (SSSR count). The first kappa shape index (κ1) is 14.9. The third kappa shape index (κ3) is 1.84. The first-order chi connectivity index (χ1) is 9.37. The first-order valence-corrected chi connectivity index (χ1v) is 9.16. The van der Waals surface area contributed by atoms with E-state index < -0.39 is 0 Å². The Morgan fingerprint density at radius 2 is 1.75 bits per heavy atom. The fraction of sp³-hybridized carbons (Fsp3) is 1.00. The predicted molar refractivity (Wildman–Crippen MR) is 86.5 cm³/mol. The molecule has 0 aromatic carbocycles. The van der Waals surface area contributed by atoms with Gasteiger partial charge in [-0.05, 0) is 73.5 Å². The Labute approximate surface area is 126 Å². The summed E-state index contributed by atoms with van der Waals surface area (Å²) in [6, 6.07) is 0. The van der Waals surface area contributed by atoms with Gasteiger partial charge < -0.3 is 5.73 Å². The highest BCUT2D eigenvalue weighted by Crippen LogP contribution is 2.65. The number of hydrogen-bond donors (Lipinski definition) is 1. The molecule has 1 nitrogen and oxygen atoms in total. The van der Waals surface area contributed by atoms with Crippen molar-refractivity contribution in [1.29, 1.82) is 0 Å². The van der Waals surface area contributed by atoms with Crippen molar-refractivity contribution >= 4 is 0 Å². The molecule has 0 bridgehead atoms. The van der Waals surface area contributed by atoms with Gasteiger partial charge in [0.25, 0.3) is 0 Å². The van der Waals surface area contributed by atoms with Gasteiger partial charge in [0.1, 0.15) is 0 Å². The molecule has 0 spiro atoms. The van der Waals surface area contributed by atoms with E-state index in [2.05, 4.69) is 27.7 Å². The van der Waals surface area contributed by atoms with Crippen LogP contribution in [0.1, 0.15) is 85.5 Å². The summed E-state index contributed by atoms with van der Waals surface area (Å²) >= 11 is 0. The van der Waals surface area contributed by atoms with E-state index in [0.29, 0.717) is 10.8 Å². The number of hydrogen-bond acceptors (Lipinski definition) is 1. The SMILES string of the molecule is CCC[C@@]1(C)CCC[C@]2(N)C1CC[C@]1(C)C(C)CCC12. The normalized spacial score (nSPS) is 55.4. The zero-order chi connectivity index (χ0) is 14.6. The summed E-state index contributed by atoms with van der Waals surface area (Å²) in [6.07, 6.45) is 12.4. The third-order valence-electron chi connectivity index (χ3n) is 8.10. The summed E-state index contributed by atoms with van der Waals surface area (Å²) in [5, 5.41) is 0. The standard InChI is InChI=1S/C19H35N/c1-5-10-17(3)11-6-12-19(20)15(17)9-13-18(4)14(2)7-8-16(18)19/h14-16H,5-13,20H2,1-4H3/t14?,15?,16?,17-,18+,19-/m0/s1. The Kier molecular flexibility index (Phi) is 3.52. The second-order valence-electron chi connectivity index (χ2n) is 9.00. The molecule has 3 aliphatic rings. The molecular weight excluding hydrogens is 242 g/mol. The van der Waals surface area contributed by atoms with E-state index in [1.165, 1.54) is 57.8 Å². The van der Waals surface area contributed by atoms with Crippen LogP contribution in [-0.4, -0.2) is 5.54 Å². The van der Waals surface area contributed by atoms with Crippen LogP contribution in [-0.2, 0) is 0 Å². The van der Waals surface area contributed by atoms with Gasteiger partial charge in [0, 0.05) is 5.54 Å². The average Bonchev–Trinajstić information content (AvgIpc) is 2.67. The second-order valence-corrected chi connectivity index (χ2v) is 9.00.